The molecule has 1 atom stereocenters. The largest absolute Gasteiger partial charge is 0.348 e. The van der Waals surface area contributed by atoms with Crippen LogP contribution in [0.5, 0.6) is 0 Å². The number of hydrogen-bond donors (Lipinski definition) is 1. The van der Waals surface area contributed by atoms with E-state index in [1.807, 2.05) is 6.07 Å². The lowest BCUT2D eigenvalue weighted by molar-refractivity contribution is 0.0931. The van der Waals surface area contributed by atoms with Gasteiger partial charge >= 0.3 is 0 Å². The van der Waals surface area contributed by atoms with E-state index in [4.69, 9.17) is 5.26 Å². The van der Waals surface area contributed by atoms with Crippen LogP contribution >= 0.6 is 0 Å². The maximum absolute atomic E-state index is 13.3. The molecular weight excluding hydrogens is 226 g/mol. The molecule has 0 aliphatic carbocycles. The average Bonchev–Trinajstić information content (AvgIpc) is 2.31. The van der Waals surface area contributed by atoms with Crippen LogP contribution in [0.15, 0.2) is 18.2 Å². The molecule has 0 saturated carbocycles. The lowest BCUT2D eigenvalue weighted by Gasteiger charge is -2.13. The number of nitriles is 1. The quantitative estimate of drug-likeness (QED) is 0.875. The Balaban J connectivity index is 2.83. The molecule has 0 fully saturated rings. The van der Waals surface area contributed by atoms with Crippen LogP contribution in [0.25, 0.3) is 0 Å². The normalized spacial score (nSPS) is 11.6. The molecule has 1 aromatic rings. The third-order valence-electron chi connectivity index (χ3n) is 2.36. The molecule has 0 heterocycles. The summed E-state index contributed by atoms with van der Waals surface area (Å²) in [6.45, 7) is 1.80. The maximum Gasteiger partial charge on any atom is 0.254 e. The summed E-state index contributed by atoms with van der Waals surface area (Å²) in [6.07, 6.45) is 0.690. The number of benzene rings is 1. The van der Waals surface area contributed by atoms with Crippen LogP contribution < -0.4 is 5.32 Å². The van der Waals surface area contributed by atoms with Crippen LogP contribution in [0.1, 0.15) is 30.1 Å². The highest BCUT2D eigenvalue weighted by molar-refractivity contribution is 5.94. The first-order valence-electron chi connectivity index (χ1n) is 5.22. The van der Waals surface area contributed by atoms with E-state index in [1.165, 1.54) is 12.1 Å². The van der Waals surface area contributed by atoms with Crippen molar-refractivity contribution < 1.29 is 13.6 Å². The first kappa shape index (κ1) is 13.1. The zero-order valence-corrected chi connectivity index (χ0v) is 9.34. The summed E-state index contributed by atoms with van der Waals surface area (Å²) in [7, 11) is 0. The second-order valence-corrected chi connectivity index (χ2v) is 3.54. The number of halogens is 2. The number of rotatable bonds is 4. The summed E-state index contributed by atoms with van der Waals surface area (Å²) >= 11 is 0. The zero-order valence-electron chi connectivity index (χ0n) is 9.34. The van der Waals surface area contributed by atoms with Crippen LogP contribution in [-0.4, -0.2) is 11.9 Å². The molecular formula is C12H12F2N2O. The van der Waals surface area contributed by atoms with Crippen LogP contribution in [0, 0.1) is 23.0 Å². The molecule has 1 aromatic carbocycles. The van der Waals surface area contributed by atoms with Crippen LogP contribution in [0.3, 0.4) is 0 Å². The summed E-state index contributed by atoms with van der Waals surface area (Å²) in [5.74, 6) is -2.94. The molecule has 1 unspecified atom stereocenters. The SMILES string of the molecule is CCC(CC#N)NC(=O)c1cccc(F)c1F. The van der Waals surface area contributed by atoms with Gasteiger partial charge in [-0.1, -0.05) is 13.0 Å². The second-order valence-electron chi connectivity index (χ2n) is 3.54. The van der Waals surface area contributed by atoms with Gasteiger partial charge in [0.1, 0.15) is 0 Å². The molecule has 0 aromatic heterocycles. The monoisotopic (exact) mass is 238 g/mol. The van der Waals surface area contributed by atoms with Crippen LogP contribution in [0.4, 0.5) is 8.78 Å². The smallest absolute Gasteiger partial charge is 0.254 e. The van der Waals surface area contributed by atoms with E-state index in [1.54, 1.807) is 6.92 Å². The third-order valence-corrected chi connectivity index (χ3v) is 2.36. The summed E-state index contributed by atoms with van der Waals surface area (Å²) in [5.41, 5.74) is -0.346. The highest BCUT2D eigenvalue weighted by Crippen LogP contribution is 2.11. The minimum Gasteiger partial charge on any atom is -0.348 e. The summed E-state index contributed by atoms with van der Waals surface area (Å²) < 4.78 is 26.2. The van der Waals surface area contributed by atoms with Crippen molar-refractivity contribution in [2.45, 2.75) is 25.8 Å². The Morgan fingerprint density at radius 2 is 2.24 bits per heavy atom. The molecule has 0 bridgehead atoms. The number of hydrogen-bond acceptors (Lipinski definition) is 2. The molecule has 0 saturated heterocycles. The first-order valence-corrected chi connectivity index (χ1v) is 5.22. The average molecular weight is 238 g/mol. The number of nitrogens with one attached hydrogen (secondary N) is 1. The van der Waals surface area contributed by atoms with Crippen LogP contribution in [-0.2, 0) is 0 Å². The zero-order chi connectivity index (χ0) is 12.8. The lowest BCUT2D eigenvalue weighted by atomic mass is 10.1. The fourth-order valence-corrected chi connectivity index (χ4v) is 1.35. The van der Waals surface area contributed by atoms with Crippen molar-refractivity contribution in [2.75, 3.05) is 0 Å². The molecule has 0 aliphatic heterocycles. The maximum atomic E-state index is 13.3. The van der Waals surface area contributed by atoms with Crippen molar-refractivity contribution in [3.05, 3.63) is 35.4 Å². The summed E-state index contributed by atoms with van der Waals surface area (Å²) in [5, 5.41) is 11.0. The van der Waals surface area contributed by atoms with E-state index in [0.29, 0.717) is 6.42 Å². The standard InChI is InChI=1S/C12H12F2N2O/c1-2-8(6-7-15)16-12(17)9-4-3-5-10(13)11(9)14/h3-5,8H,2,6H2,1H3,(H,16,17). The van der Waals surface area contributed by atoms with E-state index >= 15 is 0 Å². The van der Waals surface area contributed by atoms with Gasteiger partial charge in [0, 0.05) is 6.04 Å². The van der Waals surface area contributed by atoms with E-state index in [9.17, 15) is 13.6 Å². The highest BCUT2D eigenvalue weighted by Gasteiger charge is 2.17. The van der Waals surface area contributed by atoms with Gasteiger partial charge in [0.2, 0.25) is 0 Å². The molecule has 1 amide bonds. The van der Waals surface area contributed by atoms with Crippen molar-refractivity contribution in [1.29, 1.82) is 5.26 Å². The van der Waals surface area contributed by atoms with Gasteiger partial charge in [0.15, 0.2) is 11.6 Å². The molecule has 90 valence electrons. The minimum atomic E-state index is -1.17. The van der Waals surface area contributed by atoms with Crippen molar-refractivity contribution in [1.82, 2.24) is 5.32 Å². The van der Waals surface area contributed by atoms with Gasteiger partial charge in [0.05, 0.1) is 18.1 Å². The molecule has 3 nitrogen and oxygen atoms in total. The molecule has 1 rings (SSSR count). The van der Waals surface area contributed by atoms with E-state index in [0.717, 1.165) is 6.07 Å². The summed E-state index contributed by atoms with van der Waals surface area (Å²) in [4.78, 5) is 11.6. The van der Waals surface area contributed by atoms with E-state index in [-0.39, 0.29) is 18.0 Å². The molecule has 17 heavy (non-hydrogen) atoms. The highest BCUT2D eigenvalue weighted by atomic mass is 19.2. The Bertz CT molecular complexity index is 454. The lowest BCUT2D eigenvalue weighted by Crippen LogP contribution is -2.34. The summed E-state index contributed by atoms with van der Waals surface area (Å²) in [6, 6.07) is 4.97. The van der Waals surface area contributed by atoms with Gasteiger partial charge < -0.3 is 5.32 Å². The van der Waals surface area contributed by atoms with Crippen molar-refractivity contribution in [3.63, 3.8) is 0 Å². The topological polar surface area (TPSA) is 52.9 Å². The Morgan fingerprint density at radius 1 is 1.53 bits per heavy atom. The van der Waals surface area contributed by atoms with Gasteiger partial charge in [-0.05, 0) is 18.6 Å². The van der Waals surface area contributed by atoms with Gasteiger partial charge in [-0.3, -0.25) is 4.79 Å². The molecule has 0 spiro atoms. The Labute approximate surface area is 98.1 Å². The molecule has 0 aliphatic rings. The third kappa shape index (κ3) is 3.25. The predicted molar refractivity (Wildman–Crippen MR) is 58.1 cm³/mol. The number of carbonyl (C=O) groups excluding carboxylic acids is 1. The molecule has 0 radical (unpaired) electrons. The Morgan fingerprint density at radius 3 is 2.82 bits per heavy atom. The predicted octanol–water partition coefficient (Wildman–Crippen LogP) is 2.39. The van der Waals surface area contributed by atoms with Crippen molar-refractivity contribution >= 4 is 5.91 Å². The van der Waals surface area contributed by atoms with Gasteiger partial charge in [-0.2, -0.15) is 5.26 Å². The first-order chi connectivity index (χ1) is 8.10. The Hall–Kier alpha value is -1.96. The Kier molecular flexibility index (Phi) is 4.58. The van der Waals surface area contributed by atoms with Crippen LogP contribution in [0.2, 0.25) is 0 Å². The van der Waals surface area contributed by atoms with Crippen molar-refractivity contribution in [3.8, 4) is 6.07 Å². The fourth-order valence-electron chi connectivity index (χ4n) is 1.35. The van der Waals surface area contributed by atoms with Crippen molar-refractivity contribution in [2.24, 2.45) is 0 Å². The number of carbonyl (C=O) groups is 1. The second kappa shape index (κ2) is 5.94. The minimum absolute atomic E-state index is 0.138. The van der Waals surface area contributed by atoms with Gasteiger partial charge in [0.25, 0.3) is 5.91 Å². The molecule has 1 N–H and O–H groups in total. The fraction of sp³-hybridized carbons (Fsp3) is 0.333. The molecule has 5 heteroatoms. The van der Waals surface area contributed by atoms with Gasteiger partial charge in [-0.15, -0.1) is 0 Å². The van der Waals surface area contributed by atoms with E-state index < -0.39 is 17.5 Å². The number of nitrogens with zero attached hydrogens (tertiary/aromatic N) is 1. The number of amides is 1. The van der Waals surface area contributed by atoms with Gasteiger partial charge in [-0.25, -0.2) is 8.78 Å². The van der Waals surface area contributed by atoms with E-state index in [2.05, 4.69) is 5.32 Å².